The summed E-state index contributed by atoms with van der Waals surface area (Å²) in [7, 11) is 0. The lowest BCUT2D eigenvalue weighted by atomic mass is 10.1. The quantitative estimate of drug-likeness (QED) is 0.833. The molecule has 1 N–H and O–H groups in total. The largest absolute Gasteiger partial charge is 0.462 e. The normalized spacial score (nSPS) is 11.7. The van der Waals surface area contributed by atoms with E-state index in [1.807, 2.05) is 30.3 Å². The molecule has 0 aliphatic heterocycles. The van der Waals surface area contributed by atoms with Crippen molar-refractivity contribution < 1.29 is 9.53 Å². The van der Waals surface area contributed by atoms with Gasteiger partial charge in [-0.05, 0) is 43.7 Å². The van der Waals surface area contributed by atoms with Gasteiger partial charge in [-0.25, -0.2) is 4.79 Å². The predicted molar refractivity (Wildman–Crippen MR) is 80.9 cm³/mol. The zero-order chi connectivity index (χ0) is 14.4. The highest BCUT2D eigenvalue weighted by Crippen LogP contribution is 2.19. The van der Waals surface area contributed by atoms with Gasteiger partial charge in [-0.3, -0.25) is 0 Å². The van der Waals surface area contributed by atoms with E-state index >= 15 is 0 Å². The molecule has 2 rings (SSSR count). The third-order valence-electron chi connectivity index (χ3n) is 3.08. The van der Waals surface area contributed by atoms with Gasteiger partial charge in [0.05, 0.1) is 12.2 Å². The minimum atomic E-state index is -0.282. The van der Waals surface area contributed by atoms with E-state index in [2.05, 4.69) is 24.4 Å². The van der Waals surface area contributed by atoms with Crippen molar-refractivity contribution in [1.82, 2.24) is 0 Å². The first-order chi connectivity index (χ1) is 9.70. The van der Waals surface area contributed by atoms with E-state index in [1.165, 1.54) is 5.56 Å². The first-order valence-corrected chi connectivity index (χ1v) is 6.79. The maximum atomic E-state index is 11.6. The van der Waals surface area contributed by atoms with Crippen LogP contribution in [0.1, 0.15) is 35.8 Å². The van der Waals surface area contributed by atoms with Crippen molar-refractivity contribution in [1.29, 1.82) is 0 Å². The number of nitrogens with one attached hydrogen (secondary N) is 1. The summed E-state index contributed by atoms with van der Waals surface area (Å²) in [6, 6.07) is 17.8. The number of hydrogen-bond donors (Lipinski definition) is 1. The van der Waals surface area contributed by atoms with Crippen molar-refractivity contribution in [3.8, 4) is 0 Å². The van der Waals surface area contributed by atoms with Crippen LogP contribution in [0.25, 0.3) is 0 Å². The molecule has 0 saturated carbocycles. The van der Waals surface area contributed by atoms with E-state index in [4.69, 9.17) is 4.74 Å². The van der Waals surface area contributed by atoms with E-state index in [1.54, 1.807) is 19.1 Å². The summed E-state index contributed by atoms with van der Waals surface area (Å²) in [5.41, 5.74) is 2.78. The van der Waals surface area contributed by atoms with E-state index in [9.17, 15) is 4.79 Å². The van der Waals surface area contributed by atoms with Crippen molar-refractivity contribution >= 4 is 11.7 Å². The molecular weight excluding hydrogens is 250 g/mol. The van der Waals surface area contributed by atoms with E-state index in [0.29, 0.717) is 12.2 Å². The molecule has 0 aliphatic rings. The van der Waals surface area contributed by atoms with Crippen LogP contribution < -0.4 is 5.32 Å². The van der Waals surface area contributed by atoms with E-state index in [-0.39, 0.29) is 12.0 Å². The third kappa shape index (κ3) is 3.60. The van der Waals surface area contributed by atoms with Crippen LogP contribution in [-0.2, 0) is 4.74 Å². The van der Waals surface area contributed by atoms with Gasteiger partial charge in [-0.2, -0.15) is 0 Å². The van der Waals surface area contributed by atoms with Crippen LogP contribution >= 0.6 is 0 Å². The number of carbonyl (C=O) groups excluding carboxylic acids is 1. The highest BCUT2D eigenvalue weighted by Gasteiger charge is 2.07. The number of ether oxygens (including phenoxy) is 1. The van der Waals surface area contributed by atoms with Crippen molar-refractivity contribution in [2.75, 3.05) is 11.9 Å². The van der Waals surface area contributed by atoms with Crippen LogP contribution in [0.2, 0.25) is 0 Å². The zero-order valence-electron chi connectivity index (χ0n) is 11.8. The first-order valence-electron chi connectivity index (χ1n) is 6.79. The van der Waals surface area contributed by atoms with E-state index in [0.717, 1.165) is 5.69 Å². The summed E-state index contributed by atoms with van der Waals surface area (Å²) in [6.07, 6.45) is 0. The molecule has 2 aromatic carbocycles. The van der Waals surface area contributed by atoms with Crippen LogP contribution in [0, 0.1) is 0 Å². The molecule has 20 heavy (non-hydrogen) atoms. The molecule has 0 radical (unpaired) electrons. The van der Waals surface area contributed by atoms with Gasteiger partial charge in [0.25, 0.3) is 0 Å². The molecule has 0 spiro atoms. The maximum absolute atomic E-state index is 11.6. The minimum Gasteiger partial charge on any atom is -0.462 e. The molecule has 0 unspecified atom stereocenters. The van der Waals surface area contributed by atoms with Crippen LogP contribution in [0.5, 0.6) is 0 Å². The summed E-state index contributed by atoms with van der Waals surface area (Å²) in [6.45, 7) is 4.30. The Kier molecular flexibility index (Phi) is 4.77. The Bertz CT molecular complexity index is 549. The van der Waals surface area contributed by atoms with Gasteiger partial charge in [0.2, 0.25) is 0 Å². The summed E-state index contributed by atoms with van der Waals surface area (Å²) < 4.78 is 4.96. The molecule has 2 aromatic rings. The Morgan fingerprint density at radius 3 is 2.35 bits per heavy atom. The number of anilines is 1. The summed E-state index contributed by atoms with van der Waals surface area (Å²) in [5.74, 6) is -0.282. The molecule has 0 saturated heterocycles. The van der Waals surface area contributed by atoms with Gasteiger partial charge in [-0.15, -0.1) is 0 Å². The Hall–Kier alpha value is -2.29. The third-order valence-corrected chi connectivity index (χ3v) is 3.08. The predicted octanol–water partition coefficient (Wildman–Crippen LogP) is 4.04. The lowest BCUT2D eigenvalue weighted by molar-refractivity contribution is 0.0526. The van der Waals surface area contributed by atoms with Crippen molar-refractivity contribution in [3.63, 3.8) is 0 Å². The maximum Gasteiger partial charge on any atom is 0.338 e. The Morgan fingerprint density at radius 1 is 1.10 bits per heavy atom. The molecule has 0 bridgehead atoms. The number of benzene rings is 2. The fourth-order valence-electron chi connectivity index (χ4n) is 1.99. The van der Waals surface area contributed by atoms with Crippen LogP contribution in [0.3, 0.4) is 0 Å². The number of hydrogen-bond acceptors (Lipinski definition) is 3. The van der Waals surface area contributed by atoms with Crippen LogP contribution in [0.4, 0.5) is 5.69 Å². The lowest BCUT2D eigenvalue weighted by Crippen LogP contribution is -2.07. The van der Waals surface area contributed by atoms with Gasteiger partial charge in [-0.1, -0.05) is 30.3 Å². The van der Waals surface area contributed by atoms with Crippen molar-refractivity contribution in [2.24, 2.45) is 0 Å². The standard InChI is InChI=1S/C17H19NO2/c1-3-20-17(19)15-9-11-16(12-10-15)18-13(2)14-7-5-4-6-8-14/h4-13,18H,3H2,1-2H3/t13-/m0/s1. The molecular formula is C17H19NO2. The van der Waals surface area contributed by atoms with Gasteiger partial charge in [0, 0.05) is 11.7 Å². The Labute approximate surface area is 119 Å². The summed E-state index contributed by atoms with van der Waals surface area (Å²) in [4.78, 5) is 11.6. The van der Waals surface area contributed by atoms with Gasteiger partial charge in [0.15, 0.2) is 0 Å². The second-order valence-electron chi connectivity index (χ2n) is 4.57. The van der Waals surface area contributed by atoms with Crippen molar-refractivity contribution in [2.45, 2.75) is 19.9 Å². The summed E-state index contributed by atoms with van der Waals surface area (Å²) in [5, 5.41) is 3.40. The molecule has 0 aromatic heterocycles. The van der Waals surface area contributed by atoms with Crippen LogP contribution in [-0.4, -0.2) is 12.6 Å². The zero-order valence-corrected chi connectivity index (χ0v) is 11.8. The number of rotatable bonds is 5. The molecule has 0 fully saturated rings. The average molecular weight is 269 g/mol. The summed E-state index contributed by atoms with van der Waals surface area (Å²) >= 11 is 0. The molecule has 0 aliphatic carbocycles. The monoisotopic (exact) mass is 269 g/mol. The first kappa shape index (κ1) is 14.1. The van der Waals surface area contributed by atoms with E-state index < -0.39 is 0 Å². The smallest absolute Gasteiger partial charge is 0.338 e. The second-order valence-corrected chi connectivity index (χ2v) is 4.57. The fraction of sp³-hybridized carbons (Fsp3) is 0.235. The lowest BCUT2D eigenvalue weighted by Gasteiger charge is -2.15. The number of carbonyl (C=O) groups is 1. The fourth-order valence-corrected chi connectivity index (χ4v) is 1.99. The number of esters is 1. The molecule has 0 amide bonds. The molecule has 104 valence electrons. The van der Waals surface area contributed by atoms with Gasteiger partial charge < -0.3 is 10.1 Å². The molecule has 3 heteroatoms. The topological polar surface area (TPSA) is 38.3 Å². The average Bonchev–Trinajstić information content (AvgIpc) is 2.49. The Morgan fingerprint density at radius 2 is 1.75 bits per heavy atom. The minimum absolute atomic E-state index is 0.213. The van der Waals surface area contributed by atoms with Crippen LogP contribution in [0.15, 0.2) is 54.6 Å². The molecule has 0 heterocycles. The SMILES string of the molecule is CCOC(=O)c1ccc(N[C@@H](C)c2ccccc2)cc1. The van der Waals surface area contributed by atoms with Gasteiger partial charge in [0.1, 0.15) is 0 Å². The highest BCUT2D eigenvalue weighted by atomic mass is 16.5. The van der Waals surface area contributed by atoms with Crippen molar-refractivity contribution in [3.05, 3.63) is 65.7 Å². The second kappa shape index (κ2) is 6.75. The van der Waals surface area contributed by atoms with Gasteiger partial charge >= 0.3 is 5.97 Å². The Balaban J connectivity index is 2.02. The molecule has 1 atom stereocenters. The molecule has 3 nitrogen and oxygen atoms in total. The highest BCUT2D eigenvalue weighted by molar-refractivity contribution is 5.89.